The van der Waals surface area contributed by atoms with Crippen LogP contribution in [-0.4, -0.2) is 5.11 Å². The SMILES string of the molecule is Oc1ccc(C23CC4CC(CC(C4)C2)C3)c(F)c1. The summed E-state index contributed by atoms with van der Waals surface area (Å²) in [5.41, 5.74) is 0.964. The maximum absolute atomic E-state index is 14.2. The van der Waals surface area contributed by atoms with Crippen LogP contribution in [0.1, 0.15) is 44.1 Å². The van der Waals surface area contributed by atoms with Gasteiger partial charge in [0.15, 0.2) is 0 Å². The Labute approximate surface area is 107 Å². The molecule has 0 aliphatic heterocycles. The Morgan fingerprint density at radius 1 is 1.00 bits per heavy atom. The monoisotopic (exact) mass is 246 g/mol. The van der Waals surface area contributed by atoms with E-state index in [-0.39, 0.29) is 17.0 Å². The third-order valence-corrected chi connectivity index (χ3v) is 5.56. The molecule has 0 aromatic heterocycles. The van der Waals surface area contributed by atoms with Crippen molar-refractivity contribution in [1.82, 2.24) is 0 Å². The number of halogens is 1. The van der Waals surface area contributed by atoms with Crippen molar-refractivity contribution in [3.8, 4) is 5.75 Å². The lowest BCUT2D eigenvalue weighted by atomic mass is 9.48. The lowest BCUT2D eigenvalue weighted by Gasteiger charge is -2.57. The second-order valence-electron chi connectivity index (χ2n) is 6.86. The molecule has 0 atom stereocenters. The van der Waals surface area contributed by atoms with Crippen LogP contribution in [0.2, 0.25) is 0 Å². The Kier molecular flexibility index (Phi) is 2.10. The summed E-state index contributed by atoms with van der Waals surface area (Å²) < 4.78 is 14.2. The molecule has 0 spiro atoms. The van der Waals surface area contributed by atoms with E-state index in [1.165, 1.54) is 44.6 Å². The molecular formula is C16H19FO. The van der Waals surface area contributed by atoms with E-state index in [4.69, 9.17) is 0 Å². The summed E-state index contributed by atoms with van der Waals surface area (Å²) in [4.78, 5) is 0. The Hall–Kier alpha value is -1.05. The van der Waals surface area contributed by atoms with E-state index < -0.39 is 0 Å². The van der Waals surface area contributed by atoms with E-state index in [0.717, 1.165) is 23.3 Å². The lowest BCUT2D eigenvalue weighted by molar-refractivity contribution is -0.00676. The topological polar surface area (TPSA) is 20.2 Å². The summed E-state index contributed by atoms with van der Waals surface area (Å²) in [6.45, 7) is 0. The van der Waals surface area contributed by atoms with Crippen LogP contribution in [0.4, 0.5) is 4.39 Å². The van der Waals surface area contributed by atoms with Gasteiger partial charge in [0.25, 0.3) is 0 Å². The molecule has 1 N–H and O–H groups in total. The average molecular weight is 246 g/mol. The Balaban J connectivity index is 1.79. The Bertz CT molecular complexity index is 459. The zero-order chi connectivity index (χ0) is 12.3. The molecule has 0 amide bonds. The first-order valence-corrected chi connectivity index (χ1v) is 7.14. The molecule has 2 heteroatoms. The van der Waals surface area contributed by atoms with Gasteiger partial charge in [0.1, 0.15) is 11.6 Å². The normalized spacial score (nSPS) is 41.3. The Morgan fingerprint density at radius 2 is 1.56 bits per heavy atom. The molecule has 0 heterocycles. The van der Waals surface area contributed by atoms with Crippen LogP contribution < -0.4 is 0 Å². The van der Waals surface area contributed by atoms with E-state index >= 15 is 0 Å². The average Bonchev–Trinajstić information content (AvgIpc) is 2.26. The van der Waals surface area contributed by atoms with Gasteiger partial charge < -0.3 is 5.11 Å². The van der Waals surface area contributed by atoms with Crippen LogP contribution in [0.25, 0.3) is 0 Å². The van der Waals surface area contributed by atoms with Crippen LogP contribution in [0.3, 0.4) is 0 Å². The number of rotatable bonds is 1. The summed E-state index contributed by atoms with van der Waals surface area (Å²) in [6, 6.07) is 4.77. The number of hydrogen-bond donors (Lipinski definition) is 1. The molecule has 4 fully saturated rings. The van der Waals surface area contributed by atoms with Crippen LogP contribution in [0, 0.1) is 23.6 Å². The number of phenolic OH excluding ortho intramolecular Hbond substituents is 1. The molecular weight excluding hydrogens is 227 g/mol. The van der Waals surface area contributed by atoms with E-state index in [9.17, 15) is 9.50 Å². The summed E-state index contributed by atoms with van der Waals surface area (Å²) in [5.74, 6) is 2.32. The molecule has 18 heavy (non-hydrogen) atoms. The van der Waals surface area contributed by atoms with Gasteiger partial charge in [-0.1, -0.05) is 6.07 Å². The summed E-state index contributed by atoms with van der Waals surface area (Å²) >= 11 is 0. The minimum atomic E-state index is -0.197. The molecule has 4 bridgehead atoms. The van der Waals surface area contributed by atoms with Gasteiger partial charge in [0.05, 0.1) is 0 Å². The van der Waals surface area contributed by atoms with E-state index in [1.807, 2.05) is 6.07 Å². The molecule has 4 aliphatic rings. The van der Waals surface area contributed by atoms with Gasteiger partial charge in [0, 0.05) is 6.07 Å². The second kappa shape index (κ2) is 3.49. The maximum atomic E-state index is 14.2. The van der Waals surface area contributed by atoms with E-state index in [2.05, 4.69) is 0 Å². The highest BCUT2D eigenvalue weighted by Crippen LogP contribution is 2.61. The van der Waals surface area contributed by atoms with Crippen molar-refractivity contribution in [2.75, 3.05) is 0 Å². The van der Waals surface area contributed by atoms with Crippen molar-refractivity contribution < 1.29 is 9.50 Å². The molecule has 0 saturated heterocycles. The third-order valence-electron chi connectivity index (χ3n) is 5.56. The van der Waals surface area contributed by atoms with Gasteiger partial charge in [-0.05, 0) is 73.3 Å². The fourth-order valence-electron chi connectivity index (χ4n) is 5.37. The largest absolute Gasteiger partial charge is 0.508 e. The zero-order valence-corrected chi connectivity index (χ0v) is 10.5. The molecule has 0 unspecified atom stereocenters. The number of aromatic hydroxyl groups is 1. The Morgan fingerprint density at radius 3 is 2.06 bits per heavy atom. The van der Waals surface area contributed by atoms with Crippen LogP contribution in [0.5, 0.6) is 5.75 Å². The smallest absolute Gasteiger partial charge is 0.130 e. The van der Waals surface area contributed by atoms with E-state index in [0.29, 0.717) is 0 Å². The number of hydrogen-bond acceptors (Lipinski definition) is 1. The predicted molar refractivity (Wildman–Crippen MR) is 67.9 cm³/mol. The van der Waals surface area contributed by atoms with Crippen LogP contribution in [0.15, 0.2) is 18.2 Å². The molecule has 5 rings (SSSR count). The molecule has 1 aromatic carbocycles. The van der Waals surface area contributed by atoms with Gasteiger partial charge in [-0.2, -0.15) is 0 Å². The van der Waals surface area contributed by atoms with Crippen molar-refractivity contribution in [3.05, 3.63) is 29.6 Å². The zero-order valence-electron chi connectivity index (χ0n) is 10.5. The summed E-state index contributed by atoms with van der Waals surface area (Å²) in [6.07, 6.45) is 7.62. The van der Waals surface area contributed by atoms with Crippen LogP contribution in [-0.2, 0) is 5.41 Å². The van der Waals surface area contributed by atoms with E-state index in [1.54, 1.807) is 6.07 Å². The molecule has 1 nitrogen and oxygen atoms in total. The fourth-order valence-corrected chi connectivity index (χ4v) is 5.37. The van der Waals surface area contributed by atoms with Crippen molar-refractivity contribution in [2.24, 2.45) is 17.8 Å². The minimum Gasteiger partial charge on any atom is -0.508 e. The highest BCUT2D eigenvalue weighted by Gasteiger charge is 2.52. The van der Waals surface area contributed by atoms with Gasteiger partial charge >= 0.3 is 0 Å². The highest BCUT2D eigenvalue weighted by atomic mass is 19.1. The maximum Gasteiger partial charge on any atom is 0.130 e. The van der Waals surface area contributed by atoms with Gasteiger partial charge in [-0.3, -0.25) is 0 Å². The quantitative estimate of drug-likeness (QED) is 0.794. The standard InChI is InChI=1S/C16H19FO/c17-15-6-13(18)1-2-14(15)16-7-10-3-11(8-16)5-12(4-10)9-16/h1-2,6,10-12,18H,3-5,7-9H2. The molecule has 0 radical (unpaired) electrons. The van der Waals surface area contributed by atoms with Crippen molar-refractivity contribution >= 4 is 0 Å². The van der Waals surface area contributed by atoms with Crippen LogP contribution >= 0.6 is 0 Å². The minimum absolute atomic E-state index is 0.0426. The first kappa shape index (κ1) is 10.8. The summed E-state index contributed by atoms with van der Waals surface area (Å²) in [7, 11) is 0. The van der Waals surface area contributed by atoms with Gasteiger partial charge in [-0.15, -0.1) is 0 Å². The highest BCUT2D eigenvalue weighted by molar-refractivity contribution is 5.35. The van der Waals surface area contributed by atoms with Crippen molar-refractivity contribution in [2.45, 2.75) is 43.9 Å². The van der Waals surface area contributed by atoms with Gasteiger partial charge in [-0.25, -0.2) is 4.39 Å². The molecule has 1 aromatic rings. The number of benzene rings is 1. The molecule has 4 saturated carbocycles. The van der Waals surface area contributed by atoms with Crippen molar-refractivity contribution in [3.63, 3.8) is 0 Å². The second-order valence-corrected chi connectivity index (χ2v) is 6.86. The summed E-state index contributed by atoms with van der Waals surface area (Å²) in [5, 5.41) is 9.38. The van der Waals surface area contributed by atoms with Gasteiger partial charge in [0.2, 0.25) is 0 Å². The molecule has 4 aliphatic carbocycles. The fraction of sp³-hybridized carbons (Fsp3) is 0.625. The first-order chi connectivity index (χ1) is 8.64. The lowest BCUT2D eigenvalue weighted by Crippen LogP contribution is -2.48. The first-order valence-electron chi connectivity index (χ1n) is 7.14. The predicted octanol–water partition coefficient (Wildman–Crippen LogP) is 4.00. The van der Waals surface area contributed by atoms with Crippen molar-refractivity contribution in [1.29, 1.82) is 0 Å². The molecule has 96 valence electrons. The third kappa shape index (κ3) is 1.44. The number of phenols is 1.